The lowest BCUT2D eigenvalue weighted by molar-refractivity contribution is -0.155. The molecule has 6 heteroatoms. The lowest BCUT2D eigenvalue weighted by Crippen LogP contribution is -2.45. The van der Waals surface area contributed by atoms with Crippen molar-refractivity contribution in [1.82, 2.24) is 5.32 Å². The lowest BCUT2D eigenvalue weighted by atomic mass is 9.80. The summed E-state index contributed by atoms with van der Waals surface area (Å²) in [6.45, 7) is 5.93. The monoisotopic (exact) mass is 579 g/mol. The van der Waals surface area contributed by atoms with Crippen LogP contribution in [0.15, 0.2) is 0 Å². The van der Waals surface area contributed by atoms with Crippen LogP contribution in [0.1, 0.15) is 175 Å². The molecule has 0 heterocycles. The molecule has 1 amide bonds. The predicted octanol–water partition coefficient (Wildman–Crippen LogP) is 9.38. The second-order valence-electron chi connectivity index (χ2n) is 12.8. The van der Waals surface area contributed by atoms with E-state index in [0.29, 0.717) is 12.8 Å². The van der Waals surface area contributed by atoms with Gasteiger partial charge in [-0.25, -0.2) is 0 Å². The second-order valence-corrected chi connectivity index (χ2v) is 12.8. The van der Waals surface area contributed by atoms with E-state index in [2.05, 4.69) is 12.2 Å². The summed E-state index contributed by atoms with van der Waals surface area (Å²) in [6, 6.07) is 0.149. The lowest BCUT2D eigenvalue weighted by Gasteiger charge is -2.29. The summed E-state index contributed by atoms with van der Waals surface area (Å²) in [7, 11) is 0. The van der Waals surface area contributed by atoms with E-state index in [-0.39, 0.29) is 30.4 Å². The third-order valence-corrected chi connectivity index (χ3v) is 9.16. The molecule has 3 atom stereocenters. The van der Waals surface area contributed by atoms with Crippen molar-refractivity contribution in [2.75, 3.05) is 6.61 Å². The smallest absolute Gasteiger partial charge is 0.307 e. The van der Waals surface area contributed by atoms with Gasteiger partial charge in [0.15, 0.2) is 0 Å². The molecular weight excluding hydrogens is 514 g/mol. The van der Waals surface area contributed by atoms with Crippen LogP contribution in [0.5, 0.6) is 0 Å². The highest BCUT2D eigenvalue weighted by Gasteiger charge is 2.37. The van der Waals surface area contributed by atoms with Gasteiger partial charge in [0, 0.05) is 24.3 Å². The Morgan fingerprint density at radius 3 is 1.63 bits per heavy atom. The number of carboxylic acid groups (broad SMARTS) is 1. The summed E-state index contributed by atoms with van der Waals surface area (Å²) in [4.78, 5) is 37.3. The van der Waals surface area contributed by atoms with E-state index in [1.165, 1.54) is 96.3 Å². The minimum Gasteiger partial charge on any atom is -0.481 e. The van der Waals surface area contributed by atoms with Crippen molar-refractivity contribution in [3.63, 3.8) is 0 Å². The van der Waals surface area contributed by atoms with Crippen LogP contribution in [-0.2, 0) is 19.1 Å². The molecule has 1 rings (SSSR count). The van der Waals surface area contributed by atoms with Gasteiger partial charge in [0.1, 0.15) is 0 Å². The van der Waals surface area contributed by atoms with Gasteiger partial charge in [-0.2, -0.15) is 0 Å². The van der Waals surface area contributed by atoms with E-state index in [9.17, 15) is 19.5 Å². The van der Waals surface area contributed by atoms with E-state index in [0.717, 1.165) is 44.9 Å². The molecule has 6 nitrogen and oxygen atoms in total. The molecule has 0 spiro atoms. The van der Waals surface area contributed by atoms with Crippen LogP contribution < -0.4 is 5.32 Å². The summed E-state index contributed by atoms with van der Waals surface area (Å²) in [5, 5.41) is 13.0. The fraction of sp³-hybridized carbons (Fsp3) is 0.914. The number of carbonyl (C=O) groups is 3. The second kappa shape index (κ2) is 25.0. The highest BCUT2D eigenvalue weighted by molar-refractivity contribution is 5.84. The first-order chi connectivity index (χ1) is 19.9. The van der Waals surface area contributed by atoms with E-state index < -0.39 is 17.8 Å². The molecule has 1 fully saturated rings. The number of esters is 1. The Morgan fingerprint density at radius 1 is 0.732 bits per heavy atom. The Labute approximate surface area is 252 Å². The van der Waals surface area contributed by atoms with Crippen molar-refractivity contribution in [3.8, 4) is 0 Å². The third-order valence-electron chi connectivity index (χ3n) is 9.16. The number of nitrogens with one attached hydrogen (secondary N) is 1. The number of aliphatic carboxylic acids is 1. The molecule has 3 unspecified atom stereocenters. The predicted molar refractivity (Wildman–Crippen MR) is 169 cm³/mol. The van der Waals surface area contributed by atoms with Crippen molar-refractivity contribution < 1.29 is 24.2 Å². The molecule has 0 bridgehead atoms. The van der Waals surface area contributed by atoms with Crippen LogP contribution in [0, 0.1) is 17.8 Å². The van der Waals surface area contributed by atoms with Crippen LogP contribution in [-0.4, -0.2) is 35.6 Å². The number of hydrogen-bond acceptors (Lipinski definition) is 4. The van der Waals surface area contributed by atoms with Crippen LogP contribution in [0.25, 0.3) is 0 Å². The Bertz CT molecular complexity index is 675. The van der Waals surface area contributed by atoms with Crippen LogP contribution in [0.3, 0.4) is 0 Å². The molecule has 0 aliphatic heterocycles. The topological polar surface area (TPSA) is 92.7 Å². The Kier molecular flexibility index (Phi) is 22.8. The molecule has 0 saturated heterocycles. The Hall–Kier alpha value is -1.59. The zero-order chi connectivity index (χ0) is 30.1. The standard InChI is InChI=1S/C35H65NO5/c1-4-6-7-8-9-10-11-12-13-14-15-16-17-18-19-20-24-27-32(37)41-28-30(5-2)33(35(39)40)29(3)34(38)36-31-25-22-21-23-26-31/h29-31,33H,4-28H2,1-3H3,(H,36,38)(H,39,40). The van der Waals surface area contributed by atoms with Gasteiger partial charge < -0.3 is 15.2 Å². The fourth-order valence-corrected chi connectivity index (χ4v) is 6.31. The molecule has 2 N–H and O–H groups in total. The van der Waals surface area contributed by atoms with Gasteiger partial charge in [0.2, 0.25) is 5.91 Å². The molecule has 0 aromatic rings. The normalized spacial score (nSPS) is 16.2. The highest BCUT2D eigenvalue weighted by atomic mass is 16.5. The number of rotatable bonds is 26. The molecule has 0 aromatic heterocycles. The summed E-state index contributed by atoms with van der Waals surface area (Å²) in [6.07, 6.45) is 28.4. The van der Waals surface area contributed by atoms with Crippen LogP contribution in [0.4, 0.5) is 0 Å². The van der Waals surface area contributed by atoms with Gasteiger partial charge in [0.05, 0.1) is 12.5 Å². The first-order valence-electron chi connectivity index (χ1n) is 17.6. The van der Waals surface area contributed by atoms with Crippen molar-refractivity contribution >= 4 is 17.8 Å². The van der Waals surface area contributed by atoms with Gasteiger partial charge in [-0.3, -0.25) is 14.4 Å². The quantitative estimate of drug-likeness (QED) is 0.0786. The molecule has 41 heavy (non-hydrogen) atoms. The Morgan fingerprint density at radius 2 is 1.20 bits per heavy atom. The minimum atomic E-state index is -0.993. The van der Waals surface area contributed by atoms with E-state index >= 15 is 0 Å². The summed E-state index contributed by atoms with van der Waals surface area (Å²) >= 11 is 0. The van der Waals surface area contributed by atoms with Crippen molar-refractivity contribution in [3.05, 3.63) is 0 Å². The van der Waals surface area contributed by atoms with E-state index in [1.807, 2.05) is 6.92 Å². The van der Waals surface area contributed by atoms with Gasteiger partial charge in [-0.05, 0) is 25.7 Å². The first-order valence-corrected chi connectivity index (χ1v) is 17.6. The maximum atomic E-state index is 12.8. The molecule has 0 aromatic carbocycles. The molecular formula is C35H65NO5. The largest absolute Gasteiger partial charge is 0.481 e. The molecule has 1 saturated carbocycles. The maximum absolute atomic E-state index is 12.8. The molecule has 1 aliphatic rings. The molecule has 240 valence electrons. The Balaban J connectivity index is 2.10. The highest BCUT2D eigenvalue weighted by Crippen LogP contribution is 2.27. The number of ether oxygens (including phenoxy) is 1. The maximum Gasteiger partial charge on any atom is 0.307 e. The minimum absolute atomic E-state index is 0.0618. The average molecular weight is 580 g/mol. The van der Waals surface area contributed by atoms with Crippen LogP contribution >= 0.6 is 0 Å². The van der Waals surface area contributed by atoms with Gasteiger partial charge >= 0.3 is 11.9 Å². The fourth-order valence-electron chi connectivity index (χ4n) is 6.31. The zero-order valence-corrected chi connectivity index (χ0v) is 27.1. The number of hydrogen-bond donors (Lipinski definition) is 2. The molecule has 1 aliphatic carbocycles. The summed E-state index contributed by atoms with van der Waals surface area (Å²) < 4.78 is 5.50. The van der Waals surface area contributed by atoms with E-state index in [4.69, 9.17) is 4.74 Å². The summed E-state index contributed by atoms with van der Waals surface area (Å²) in [5.74, 6) is -3.35. The number of carboxylic acids is 1. The number of amides is 1. The van der Waals surface area contributed by atoms with Gasteiger partial charge in [-0.1, -0.05) is 143 Å². The van der Waals surface area contributed by atoms with Gasteiger partial charge in [-0.15, -0.1) is 0 Å². The number of unbranched alkanes of at least 4 members (excludes halogenated alkanes) is 16. The van der Waals surface area contributed by atoms with Gasteiger partial charge in [0.25, 0.3) is 0 Å². The zero-order valence-electron chi connectivity index (χ0n) is 27.1. The molecule has 0 radical (unpaired) electrons. The van der Waals surface area contributed by atoms with E-state index in [1.54, 1.807) is 6.92 Å². The van der Waals surface area contributed by atoms with Crippen molar-refractivity contribution in [2.45, 2.75) is 181 Å². The average Bonchev–Trinajstić information content (AvgIpc) is 2.96. The third kappa shape index (κ3) is 18.5. The van der Waals surface area contributed by atoms with Crippen molar-refractivity contribution in [1.29, 1.82) is 0 Å². The SMILES string of the molecule is CCCCCCCCCCCCCCCCCCCC(=O)OCC(CC)C(C(=O)O)C(C)C(=O)NC1CCCCC1. The first kappa shape index (κ1) is 37.4. The summed E-state index contributed by atoms with van der Waals surface area (Å²) in [5.41, 5.74) is 0. The van der Waals surface area contributed by atoms with Crippen LogP contribution in [0.2, 0.25) is 0 Å². The number of carbonyl (C=O) groups excluding carboxylic acids is 2. The van der Waals surface area contributed by atoms with Crippen molar-refractivity contribution in [2.24, 2.45) is 17.8 Å².